The Morgan fingerprint density at radius 3 is 2.56 bits per heavy atom. The van der Waals surface area contributed by atoms with Crippen molar-refractivity contribution in [3.63, 3.8) is 0 Å². The van der Waals surface area contributed by atoms with Gasteiger partial charge in [-0.3, -0.25) is 4.79 Å². The van der Waals surface area contributed by atoms with Crippen molar-refractivity contribution in [1.82, 2.24) is 24.7 Å². The topological polar surface area (TPSA) is 66.6 Å². The lowest BCUT2D eigenvalue weighted by Crippen LogP contribution is -2.49. The number of nitrogens with zero attached hydrogens (tertiary/aromatic N) is 6. The van der Waals surface area contributed by atoms with Crippen LogP contribution >= 0.6 is 0 Å². The summed E-state index contributed by atoms with van der Waals surface area (Å²) in [6.45, 7) is 5.04. The van der Waals surface area contributed by atoms with Gasteiger partial charge in [-0.05, 0) is 24.6 Å². The van der Waals surface area contributed by atoms with Crippen molar-refractivity contribution in [2.45, 2.75) is 13.3 Å². The second kappa shape index (κ2) is 6.51. The van der Waals surface area contributed by atoms with E-state index >= 15 is 0 Å². The summed E-state index contributed by atoms with van der Waals surface area (Å²) in [5.74, 6) is 1.07. The van der Waals surface area contributed by atoms with E-state index in [4.69, 9.17) is 0 Å². The fourth-order valence-electron chi connectivity index (χ4n) is 3.06. The SMILES string of the molecule is Cc1ccc(CC(=O)N2CCN(c3ccc4nncn4n3)CC2)cc1. The first-order valence-corrected chi connectivity index (χ1v) is 8.44. The molecule has 1 aliphatic rings. The highest BCUT2D eigenvalue weighted by atomic mass is 16.2. The first kappa shape index (κ1) is 15.6. The van der Waals surface area contributed by atoms with E-state index in [0.717, 1.165) is 30.1 Å². The minimum Gasteiger partial charge on any atom is -0.352 e. The number of rotatable bonds is 3. The van der Waals surface area contributed by atoms with E-state index in [-0.39, 0.29) is 5.91 Å². The van der Waals surface area contributed by atoms with Gasteiger partial charge in [0, 0.05) is 26.2 Å². The summed E-state index contributed by atoms with van der Waals surface area (Å²) < 4.78 is 1.67. The van der Waals surface area contributed by atoms with E-state index in [1.807, 2.05) is 41.3 Å². The molecule has 2 aromatic heterocycles. The Kier molecular flexibility index (Phi) is 4.05. The predicted octanol–water partition coefficient (Wildman–Crippen LogP) is 1.32. The molecule has 128 valence electrons. The van der Waals surface area contributed by atoms with Crippen LogP contribution in [0.4, 0.5) is 5.82 Å². The van der Waals surface area contributed by atoms with Crippen LogP contribution in [0.2, 0.25) is 0 Å². The van der Waals surface area contributed by atoms with Gasteiger partial charge in [0.2, 0.25) is 5.91 Å². The highest BCUT2D eigenvalue weighted by molar-refractivity contribution is 5.79. The Balaban J connectivity index is 1.37. The molecule has 7 nitrogen and oxygen atoms in total. The molecule has 25 heavy (non-hydrogen) atoms. The summed E-state index contributed by atoms with van der Waals surface area (Å²) in [6, 6.07) is 12.0. The molecule has 0 bridgehead atoms. The van der Waals surface area contributed by atoms with Crippen molar-refractivity contribution < 1.29 is 4.79 Å². The molecule has 0 unspecified atom stereocenters. The second-order valence-electron chi connectivity index (χ2n) is 6.36. The maximum absolute atomic E-state index is 12.5. The van der Waals surface area contributed by atoms with Crippen LogP contribution in [0.25, 0.3) is 5.65 Å². The van der Waals surface area contributed by atoms with Crippen molar-refractivity contribution in [2.75, 3.05) is 31.1 Å². The molecular weight excluding hydrogens is 316 g/mol. The van der Waals surface area contributed by atoms with Crippen LogP contribution in [0.1, 0.15) is 11.1 Å². The number of carbonyl (C=O) groups is 1. The molecule has 0 spiro atoms. The van der Waals surface area contributed by atoms with E-state index in [9.17, 15) is 4.79 Å². The van der Waals surface area contributed by atoms with Gasteiger partial charge in [-0.2, -0.15) is 4.52 Å². The molecule has 0 radical (unpaired) electrons. The number of benzene rings is 1. The van der Waals surface area contributed by atoms with E-state index in [1.54, 1.807) is 10.8 Å². The Labute approximate surface area is 145 Å². The summed E-state index contributed by atoms with van der Waals surface area (Å²) in [5, 5.41) is 12.3. The zero-order valence-electron chi connectivity index (χ0n) is 14.2. The molecule has 1 aromatic carbocycles. The maximum atomic E-state index is 12.5. The molecule has 0 N–H and O–H groups in total. The normalized spacial score (nSPS) is 14.9. The number of hydrogen-bond donors (Lipinski definition) is 0. The number of carbonyl (C=O) groups excluding carboxylic acids is 1. The predicted molar refractivity (Wildman–Crippen MR) is 94.5 cm³/mol. The van der Waals surface area contributed by atoms with E-state index in [1.165, 1.54) is 5.56 Å². The lowest BCUT2D eigenvalue weighted by molar-refractivity contribution is -0.130. The van der Waals surface area contributed by atoms with Crippen molar-refractivity contribution in [3.05, 3.63) is 53.9 Å². The number of amides is 1. The third-order valence-electron chi connectivity index (χ3n) is 4.58. The molecule has 1 saturated heterocycles. The van der Waals surface area contributed by atoms with Crippen LogP contribution in [0, 0.1) is 6.92 Å². The van der Waals surface area contributed by atoms with Crippen molar-refractivity contribution in [1.29, 1.82) is 0 Å². The second-order valence-corrected chi connectivity index (χ2v) is 6.36. The first-order chi connectivity index (χ1) is 12.2. The number of aromatic nitrogens is 4. The first-order valence-electron chi connectivity index (χ1n) is 8.44. The van der Waals surface area contributed by atoms with Crippen molar-refractivity contribution in [3.8, 4) is 0 Å². The number of hydrogen-bond acceptors (Lipinski definition) is 5. The largest absolute Gasteiger partial charge is 0.352 e. The van der Waals surface area contributed by atoms with E-state index < -0.39 is 0 Å². The van der Waals surface area contributed by atoms with Crippen LogP contribution < -0.4 is 4.90 Å². The smallest absolute Gasteiger partial charge is 0.227 e. The van der Waals surface area contributed by atoms with Gasteiger partial charge in [-0.1, -0.05) is 29.8 Å². The summed E-state index contributed by atoms with van der Waals surface area (Å²) in [6.07, 6.45) is 2.06. The molecular formula is C18H20N6O. The van der Waals surface area contributed by atoms with Crippen LogP contribution in [-0.4, -0.2) is 56.8 Å². The molecule has 4 rings (SSSR count). The Bertz CT molecular complexity index is 880. The monoisotopic (exact) mass is 336 g/mol. The van der Waals surface area contributed by atoms with Crippen molar-refractivity contribution >= 4 is 17.4 Å². The van der Waals surface area contributed by atoms with Gasteiger partial charge in [0.15, 0.2) is 5.65 Å². The summed E-state index contributed by atoms with van der Waals surface area (Å²) in [4.78, 5) is 16.6. The number of aryl methyl sites for hydroxylation is 1. The lowest BCUT2D eigenvalue weighted by Gasteiger charge is -2.35. The Morgan fingerprint density at radius 2 is 1.80 bits per heavy atom. The zero-order valence-corrected chi connectivity index (χ0v) is 14.2. The molecule has 3 heterocycles. The fraction of sp³-hybridized carbons (Fsp3) is 0.333. The van der Waals surface area contributed by atoms with Gasteiger partial charge < -0.3 is 9.80 Å². The summed E-state index contributed by atoms with van der Waals surface area (Å²) >= 11 is 0. The van der Waals surface area contributed by atoms with Gasteiger partial charge >= 0.3 is 0 Å². The zero-order chi connectivity index (χ0) is 17.2. The van der Waals surface area contributed by atoms with Crippen LogP contribution in [-0.2, 0) is 11.2 Å². The quantitative estimate of drug-likeness (QED) is 0.722. The van der Waals surface area contributed by atoms with Gasteiger partial charge in [-0.15, -0.1) is 15.3 Å². The highest BCUT2D eigenvalue weighted by Gasteiger charge is 2.22. The molecule has 3 aromatic rings. The fourth-order valence-corrected chi connectivity index (χ4v) is 3.06. The highest BCUT2D eigenvalue weighted by Crippen LogP contribution is 2.15. The molecule has 0 aliphatic carbocycles. The van der Waals surface area contributed by atoms with Crippen molar-refractivity contribution in [2.24, 2.45) is 0 Å². The third kappa shape index (κ3) is 3.31. The number of fused-ring (bicyclic) bond motifs is 1. The average molecular weight is 336 g/mol. The van der Waals surface area contributed by atoms with Gasteiger partial charge in [0.25, 0.3) is 0 Å². The molecule has 0 atom stereocenters. The van der Waals surface area contributed by atoms with E-state index in [2.05, 4.69) is 27.1 Å². The maximum Gasteiger partial charge on any atom is 0.227 e. The third-order valence-corrected chi connectivity index (χ3v) is 4.58. The van der Waals surface area contributed by atoms with Crippen LogP contribution in [0.3, 0.4) is 0 Å². The summed E-state index contributed by atoms with van der Waals surface area (Å²) in [7, 11) is 0. The number of piperazine rings is 1. The van der Waals surface area contributed by atoms with Gasteiger partial charge in [0.05, 0.1) is 6.42 Å². The molecule has 1 aliphatic heterocycles. The number of anilines is 1. The molecule has 7 heteroatoms. The molecule has 1 amide bonds. The Hall–Kier alpha value is -2.96. The molecule has 0 saturated carbocycles. The van der Waals surface area contributed by atoms with E-state index in [0.29, 0.717) is 19.5 Å². The Morgan fingerprint density at radius 1 is 1.04 bits per heavy atom. The minimum absolute atomic E-state index is 0.186. The van der Waals surface area contributed by atoms with Gasteiger partial charge in [-0.25, -0.2) is 0 Å². The van der Waals surface area contributed by atoms with Crippen LogP contribution in [0.5, 0.6) is 0 Å². The van der Waals surface area contributed by atoms with Crippen LogP contribution in [0.15, 0.2) is 42.7 Å². The standard InChI is InChI=1S/C18H20N6O/c1-14-2-4-15(5-3-14)12-18(25)23-10-8-22(9-11-23)17-7-6-16-20-19-13-24(16)21-17/h2-7,13H,8-12H2,1H3. The van der Waals surface area contributed by atoms with Gasteiger partial charge in [0.1, 0.15) is 12.1 Å². The summed E-state index contributed by atoms with van der Waals surface area (Å²) in [5.41, 5.74) is 3.01. The molecule has 1 fully saturated rings. The average Bonchev–Trinajstić information content (AvgIpc) is 3.11. The lowest BCUT2D eigenvalue weighted by atomic mass is 10.1. The minimum atomic E-state index is 0.186.